The van der Waals surface area contributed by atoms with E-state index in [1.165, 1.54) is 25.3 Å². The van der Waals surface area contributed by atoms with Crippen LogP contribution >= 0.6 is 0 Å². The lowest BCUT2D eigenvalue weighted by atomic mass is 10.2. The average Bonchev–Trinajstić information content (AvgIpc) is 2.69. The molecular formula is C20H27N3O5S. The molecule has 2 rings (SSSR count). The van der Waals surface area contributed by atoms with Gasteiger partial charge >= 0.3 is 0 Å². The third-order valence-corrected chi connectivity index (χ3v) is 5.52. The van der Waals surface area contributed by atoms with E-state index in [0.717, 1.165) is 12.0 Å². The zero-order valence-electron chi connectivity index (χ0n) is 17.1. The van der Waals surface area contributed by atoms with Crippen molar-refractivity contribution in [3.63, 3.8) is 0 Å². The third kappa shape index (κ3) is 6.16. The highest BCUT2D eigenvalue weighted by Gasteiger charge is 2.22. The predicted octanol–water partition coefficient (Wildman–Crippen LogP) is 2.50. The number of sulfonamides is 1. The Labute approximate surface area is 171 Å². The molecular weight excluding hydrogens is 394 g/mol. The van der Waals surface area contributed by atoms with Crippen molar-refractivity contribution >= 4 is 15.9 Å². The van der Waals surface area contributed by atoms with Gasteiger partial charge in [-0.25, -0.2) is 18.1 Å². The lowest BCUT2D eigenvalue weighted by Gasteiger charge is -2.14. The first kappa shape index (κ1) is 22.6. The van der Waals surface area contributed by atoms with Crippen molar-refractivity contribution in [3.05, 3.63) is 47.7 Å². The largest absolute Gasteiger partial charge is 0.495 e. The summed E-state index contributed by atoms with van der Waals surface area (Å²) >= 11 is 0. The molecule has 1 aromatic carbocycles. The van der Waals surface area contributed by atoms with Gasteiger partial charge in [0, 0.05) is 29.9 Å². The summed E-state index contributed by atoms with van der Waals surface area (Å²) in [4.78, 5) is 16.7. The van der Waals surface area contributed by atoms with E-state index in [1.54, 1.807) is 26.1 Å². The summed E-state index contributed by atoms with van der Waals surface area (Å²) in [5.74, 6) is 0.213. The molecule has 0 saturated heterocycles. The van der Waals surface area contributed by atoms with Crippen LogP contribution < -0.4 is 19.5 Å². The minimum Gasteiger partial charge on any atom is -0.495 e. The van der Waals surface area contributed by atoms with Gasteiger partial charge in [-0.3, -0.25) is 4.79 Å². The molecule has 2 aromatic rings. The average molecular weight is 422 g/mol. The molecule has 2 N–H and O–H groups in total. The van der Waals surface area contributed by atoms with Crippen LogP contribution in [0.4, 0.5) is 0 Å². The first-order valence-electron chi connectivity index (χ1n) is 9.33. The van der Waals surface area contributed by atoms with Gasteiger partial charge < -0.3 is 14.8 Å². The van der Waals surface area contributed by atoms with Gasteiger partial charge in [0.2, 0.25) is 15.9 Å². The van der Waals surface area contributed by atoms with Crippen LogP contribution in [-0.2, 0) is 16.6 Å². The monoisotopic (exact) mass is 421 g/mol. The molecule has 0 aliphatic rings. The molecule has 9 heteroatoms. The quantitative estimate of drug-likeness (QED) is 0.610. The Kier molecular flexibility index (Phi) is 7.98. The van der Waals surface area contributed by atoms with E-state index in [9.17, 15) is 13.2 Å². The second kappa shape index (κ2) is 10.2. The van der Waals surface area contributed by atoms with Gasteiger partial charge in [-0.1, -0.05) is 13.0 Å². The Bertz CT molecular complexity index is 945. The number of hydrogen-bond donors (Lipinski definition) is 2. The Hall–Kier alpha value is -2.65. The van der Waals surface area contributed by atoms with Gasteiger partial charge in [0.1, 0.15) is 10.6 Å². The maximum absolute atomic E-state index is 12.6. The Morgan fingerprint density at radius 1 is 1.24 bits per heavy atom. The van der Waals surface area contributed by atoms with Crippen molar-refractivity contribution < 1.29 is 22.7 Å². The number of nitrogens with zero attached hydrogens (tertiary/aromatic N) is 1. The van der Waals surface area contributed by atoms with Crippen LogP contribution in [0, 0.1) is 0 Å². The van der Waals surface area contributed by atoms with Gasteiger partial charge in [0.15, 0.2) is 0 Å². The maximum Gasteiger partial charge on any atom is 0.251 e. The van der Waals surface area contributed by atoms with Gasteiger partial charge in [-0.15, -0.1) is 0 Å². The van der Waals surface area contributed by atoms with Crippen LogP contribution in [0.15, 0.2) is 41.4 Å². The van der Waals surface area contributed by atoms with Crippen LogP contribution in [0.1, 0.15) is 43.1 Å². The SMILES string of the molecule is CCCOc1ncccc1CNC(=O)c1ccc(OC)c(S(=O)(=O)NC(C)C)c1. The molecule has 0 spiro atoms. The maximum atomic E-state index is 12.6. The first-order valence-corrected chi connectivity index (χ1v) is 10.8. The number of rotatable bonds is 10. The number of methoxy groups -OCH3 is 1. The molecule has 1 amide bonds. The fourth-order valence-electron chi connectivity index (χ4n) is 2.57. The number of carbonyl (C=O) groups is 1. The molecule has 8 nitrogen and oxygen atoms in total. The van der Waals surface area contributed by atoms with E-state index in [-0.39, 0.29) is 28.8 Å². The molecule has 0 aliphatic heterocycles. The van der Waals surface area contributed by atoms with Crippen LogP contribution in [0.2, 0.25) is 0 Å². The summed E-state index contributed by atoms with van der Waals surface area (Å²) in [7, 11) is -2.45. The lowest BCUT2D eigenvalue weighted by Crippen LogP contribution is -2.31. The van der Waals surface area contributed by atoms with Crippen molar-refractivity contribution in [2.45, 2.75) is 44.7 Å². The number of carbonyl (C=O) groups excluding carboxylic acids is 1. The number of pyridine rings is 1. The Balaban J connectivity index is 2.21. The van der Waals surface area contributed by atoms with Crippen LogP contribution in [0.25, 0.3) is 0 Å². The van der Waals surface area contributed by atoms with Gasteiger partial charge in [0.05, 0.1) is 13.7 Å². The van der Waals surface area contributed by atoms with E-state index < -0.39 is 15.9 Å². The molecule has 0 unspecified atom stereocenters. The zero-order valence-corrected chi connectivity index (χ0v) is 17.9. The third-order valence-electron chi connectivity index (χ3n) is 3.84. The first-order chi connectivity index (χ1) is 13.8. The highest BCUT2D eigenvalue weighted by atomic mass is 32.2. The topological polar surface area (TPSA) is 107 Å². The van der Waals surface area contributed by atoms with Gasteiger partial charge in [0.25, 0.3) is 5.91 Å². The number of nitrogens with one attached hydrogen (secondary N) is 2. The molecule has 0 atom stereocenters. The Morgan fingerprint density at radius 2 is 2.00 bits per heavy atom. The molecule has 0 bridgehead atoms. The van der Waals surface area contributed by atoms with Gasteiger partial charge in [-0.05, 0) is 44.5 Å². The van der Waals surface area contributed by atoms with Crippen molar-refractivity contribution in [1.82, 2.24) is 15.0 Å². The number of benzene rings is 1. The van der Waals surface area contributed by atoms with Crippen LogP contribution in [-0.4, -0.2) is 39.1 Å². The Morgan fingerprint density at radius 3 is 2.66 bits per heavy atom. The summed E-state index contributed by atoms with van der Waals surface area (Å²) in [6, 6.07) is 7.56. The van der Waals surface area contributed by atoms with Crippen LogP contribution in [0.5, 0.6) is 11.6 Å². The predicted molar refractivity (Wildman–Crippen MR) is 110 cm³/mol. The fraction of sp³-hybridized carbons (Fsp3) is 0.400. The number of ether oxygens (including phenoxy) is 2. The van der Waals surface area contributed by atoms with Crippen molar-refractivity contribution in [1.29, 1.82) is 0 Å². The second-order valence-electron chi connectivity index (χ2n) is 6.64. The highest BCUT2D eigenvalue weighted by molar-refractivity contribution is 7.89. The second-order valence-corrected chi connectivity index (χ2v) is 8.32. The normalized spacial score (nSPS) is 11.3. The van der Waals surface area contributed by atoms with E-state index in [2.05, 4.69) is 15.0 Å². The zero-order chi connectivity index (χ0) is 21.4. The van der Waals surface area contributed by atoms with E-state index in [4.69, 9.17) is 9.47 Å². The molecule has 1 aromatic heterocycles. The minimum absolute atomic E-state index is 0.0882. The molecule has 1 heterocycles. The van der Waals surface area contributed by atoms with E-state index in [0.29, 0.717) is 12.5 Å². The summed E-state index contributed by atoms with van der Waals surface area (Å²) in [5, 5.41) is 2.77. The number of aromatic nitrogens is 1. The smallest absolute Gasteiger partial charge is 0.251 e. The molecule has 0 radical (unpaired) electrons. The van der Waals surface area contributed by atoms with Crippen LogP contribution in [0.3, 0.4) is 0 Å². The van der Waals surface area contributed by atoms with Gasteiger partial charge in [-0.2, -0.15) is 0 Å². The lowest BCUT2D eigenvalue weighted by molar-refractivity contribution is 0.0950. The number of amides is 1. The standard InChI is InChI=1S/C20H27N3O5S/c1-5-11-28-20-16(7-6-10-21-20)13-22-19(24)15-8-9-17(27-4)18(12-15)29(25,26)23-14(2)3/h6-10,12,14,23H,5,11,13H2,1-4H3,(H,22,24). The molecule has 0 saturated carbocycles. The summed E-state index contributed by atoms with van der Waals surface area (Å²) in [6.45, 7) is 6.15. The fourth-order valence-corrected chi connectivity index (χ4v) is 4.01. The summed E-state index contributed by atoms with van der Waals surface area (Å²) in [6.07, 6.45) is 2.47. The molecule has 158 valence electrons. The molecule has 0 fully saturated rings. The summed E-state index contributed by atoms with van der Waals surface area (Å²) < 4.78 is 38.4. The van der Waals surface area contributed by atoms with Crippen molar-refractivity contribution in [2.75, 3.05) is 13.7 Å². The van der Waals surface area contributed by atoms with Crippen molar-refractivity contribution in [3.8, 4) is 11.6 Å². The highest BCUT2D eigenvalue weighted by Crippen LogP contribution is 2.25. The summed E-state index contributed by atoms with van der Waals surface area (Å²) in [5.41, 5.74) is 0.937. The van der Waals surface area contributed by atoms with E-state index in [1.807, 2.05) is 13.0 Å². The minimum atomic E-state index is -3.83. The van der Waals surface area contributed by atoms with Crippen molar-refractivity contribution in [2.24, 2.45) is 0 Å². The number of hydrogen-bond acceptors (Lipinski definition) is 6. The molecule has 0 aliphatic carbocycles. The van der Waals surface area contributed by atoms with E-state index >= 15 is 0 Å². The molecule has 29 heavy (non-hydrogen) atoms.